The number of hydrogen-bond donors (Lipinski definition) is 2. The van der Waals surface area contributed by atoms with Crippen molar-refractivity contribution in [2.75, 3.05) is 18.0 Å². The lowest BCUT2D eigenvalue weighted by atomic mass is 10.1. The van der Waals surface area contributed by atoms with Gasteiger partial charge in [-0.15, -0.1) is 10.2 Å². The van der Waals surface area contributed by atoms with Crippen LogP contribution in [-0.2, 0) is 4.79 Å². The van der Waals surface area contributed by atoms with E-state index in [-0.39, 0.29) is 17.5 Å². The lowest BCUT2D eigenvalue weighted by Crippen LogP contribution is -2.27. The maximum Gasteiger partial charge on any atom is 0.356 e. The van der Waals surface area contributed by atoms with Crippen molar-refractivity contribution in [2.24, 2.45) is 11.7 Å². The van der Waals surface area contributed by atoms with Crippen LogP contribution in [0.4, 0.5) is 5.82 Å². The summed E-state index contributed by atoms with van der Waals surface area (Å²) < 4.78 is 0. The van der Waals surface area contributed by atoms with Crippen molar-refractivity contribution in [1.29, 1.82) is 0 Å². The zero-order valence-corrected chi connectivity index (χ0v) is 9.04. The van der Waals surface area contributed by atoms with Gasteiger partial charge in [-0.1, -0.05) is 0 Å². The largest absolute Gasteiger partial charge is 0.476 e. The lowest BCUT2D eigenvalue weighted by molar-refractivity contribution is -0.117. The van der Waals surface area contributed by atoms with Gasteiger partial charge in [-0.2, -0.15) is 0 Å². The van der Waals surface area contributed by atoms with Crippen molar-refractivity contribution in [3.8, 4) is 0 Å². The second kappa shape index (κ2) is 4.46. The molecular formula is C10H12N4O3. The molecule has 7 nitrogen and oxygen atoms in total. The van der Waals surface area contributed by atoms with Crippen LogP contribution in [0, 0.1) is 5.92 Å². The van der Waals surface area contributed by atoms with Gasteiger partial charge >= 0.3 is 5.97 Å². The molecule has 1 amide bonds. The monoisotopic (exact) mass is 236 g/mol. The molecule has 0 radical (unpaired) electrons. The van der Waals surface area contributed by atoms with Crippen LogP contribution < -0.4 is 10.6 Å². The van der Waals surface area contributed by atoms with Crippen LogP contribution in [0.25, 0.3) is 0 Å². The SMILES string of the molecule is NCC1CC(=O)N(c2ccc(C(=O)O)nn2)C1. The number of rotatable bonds is 3. The Hall–Kier alpha value is -2.02. The molecule has 0 spiro atoms. The van der Waals surface area contributed by atoms with E-state index in [9.17, 15) is 9.59 Å². The summed E-state index contributed by atoms with van der Waals surface area (Å²) in [6.45, 7) is 0.958. The number of amides is 1. The molecule has 2 rings (SSSR count). The van der Waals surface area contributed by atoms with Crippen molar-refractivity contribution in [1.82, 2.24) is 10.2 Å². The summed E-state index contributed by atoms with van der Waals surface area (Å²) in [6.07, 6.45) is 0.402. The highest BCUT2D eigenvalue weighted by molar-refractivity contribution is 5.95. The van der Waals surface area contributed by atoms with Gasteiger partial charge in [0.25, 0.3) is 0 Å². The number of carbonyl (C=O) groups excluding carboxylic acids is 1. The molecule has 1 atom stereocenters. The van der Waals surface area contributed by atoms with Gasteiger partial charge in [0, 0.05) is 13.0 Å². The van der Waals surface area contributed by atoms with Crippen molar-refractivity contribution < 1.29 is 14.7 Å². The summed E-state index contributed by atoms with van der Waals surface area (Å²) >= 11 is 0. The van der Waals surface area contributed by atoms with Crippen molar-refractivity contribution in [2.45, 2.75) is 6.42 Å². The second-order valence-electron chi connectivity index (χ2n) is 3.89. The molecule has 1 saturated heterocycles. The van der Waals surface area contributed by atoms with E-state index in [4.69, 9.17) is 10.8 Å². The zero-order chi connectivity index (χ0) is 12.4. The van der Waals surface area contributed by atoms with E-state index in [1.165, 1.54) is 17.0 Å². The highest BCUT2D eigenvalue weighted by Gasteiger charge is 2.30. The first-order valence-corrected chi connectivity index (χ1v) is 5.19. The topological polar surface area (TPSA) is 109 Å². The van der Waals surface area contributed by atoms with Gasteiger partial charge < -0.3 is 10.8 Å². The highest BCUT2D eigenvalue weighted by atomic mass is 16.4. The molecule has 0 aromatic carbocycles. The van der Waals surface area contributed by atoms with Crippen LogP contribution in [0.15, 0.2) is 12.1 Å². The van der Waals surface area contributed by atoms with Crippen LogP contribution in [-0.4, -0.2) is 40.3 Å². The molecule has 1 unspecified atom stereocenters. The fraction of sp³-hybridized carbons (Fsp3) is 0.400. The van der Waals surface area contributed by atoms with Crippen LogP contribution in [0.1, 0.15) is 16.9 Å². The number of anilines is 1. The molecule has 90 valence electrons. The molecule has 7 heteroatoms. The van der Waals surface area contributed by atoms with Crippen LogP contribution in [0.5, 0.6) is 0 Å². The maximum atomic E-state index is 11.6. The average molecular weight is 236 g/mol. The van der Waals surface area contributed by atoms with E-state index >= 15 is 0 Å². The Kier molecular flexibility index (Phi) is 3.01. The third-order valence-corrected chi connectivity index (χ3v) is 2.68. The quantitative estimate of drug-likeness (QED) is 0.731. The molecule has 1 aromatic rings. The highest BCUT2D eigenvalue weighted by Crippen LogP contribution is 2.22. The number of nitrogens with two attached hydrogens (primary N) is 1. The van der Waals surface area contributed by atoms with Gasteiger partial charge in [0.1, 0.15) is 0 Å². The summed E-state index contributed by atoms with van der Waals surface area (Å²) in [5.74, 6) is -0.700. The van der Waals surface area contributed by atoms with Gasteiger partial charge in [-0.25, -0.2) is 4.79 Å². The molecular weight excluding hydrogens is 224 g/mol. The predicted octanol–water partition coefficient (Wildman–Crippen LogP) is -0.514. The Morgan fingerprint density at radius 2 is 2.29 bits per heavy atom. The molecule has 0 saturated carbocycles. The minimum Gasteiger partial charge on any atom is -0.476 e. The first-order chi connectivity index (χ1) is 8.11. The molecule has 1 aliphatic rings. The first kappa shape index (κ1) is 11.5. The molecule has 3 N–H and O–H groups in total. The van der Waals surface area contributed by atoms with E-state index in [0.717, 1.165) is 0 Å². The third-order valence-electron chi connectivity index (χ3n) is 2.68. The van der Waals surface area contributed by atoms with Crippen molar-refractivity contribution >= 4 is 17.7 Å². The van der Waals surface area contributed by atoms with Gasteiger partial charge in [0.15, 0.2) is 11.5 Å². The van der Waals surface area contributed by atoms with Gasteiger partial charge in [0.05, 0.1) is 0 Å². The summed E-state index contributed by atoms with van der Waals surface area (Å²) in [7, 11) is 0. The average Bonchev–Trinajstić information content (AvgIpc) is 2.71. The normalized spacial score (nSPS) is 19.7. The van der Waals surface area contributed by atoms with Gasteiger partial charge in [-0.3, -0.25) is 9.69 Å². The fourth-order valence-corrected chi connectivity index (χ4v) is 1.74. The maximum absolute atomic E-state index is 11.6. The zero-order valence-electron chi connectivity index (χ0n) is 9.04. The van der Waals surface area contributed by atoms with E-state index in [2.05, 4.69) is 10.2 Å². The Morgan fingerprint density at radius 3 is 2.76 bits per heavy atom. The Labute approximate surface area is 97.2 Å². The molecule has 1 aromatic heterocycles. The summed E-state index contributed by atoms with van der Waals surface area (Å²) in [5, 5.41) is 15.9. The van der Waals surface area contributed by atoms with Crippen LogP contribution in [0.3, 0.4) is 0 Å². The van der Waals surface area contributed by atoms with E-state index in [1.807, 2.05) is 0 Å². The molecule has 1 aliphatic heterocycles. The number of aromatic carboxylic acids is 1. The Morgan fingerprint density at radius 1 is 1.53 bits per heavy atom. The van der Waals surface area contributed by atoms with Gasteiger partial charge in [0.2, 0.25) is 5.91 Å². The molecule has 0 bridgehead atoms. The first-order valence-electron chi connectivity index (χ1n) is 5.19. The molecule has 1 fully saturated rings. The number of aromatic nitrogens is 2. The predicted molar refractivity (Wildman–Crippen MR) is 58.5 cm³/mol. The van der Waals surface area contributed by atoms with E-state index in [1.54, 1.807) is 0 Å². The molecule has 17 heavy (non-hydrogen) atoms. The number of hydrogen-bond acceptors (Lipinski definition) is 5. The minimum absolute atomic E-state index is 0.0576. The van der Waals surface area contributed by atoms with Crippen molar-refractivity contribution in [3.63, 3.8) is 0 Å². The lowest BCUT2D eigenvalue weighted by Gasteiger charge is -2.14. The summed E-state index contributed by atoms with van der Waals surface area (Å²) in [4.78, 5) is 23.7. The number of nitrogens with zero attached hydrogens (tertiary/aromatic N) is 3. The standard InChI is InChI=1S/C10H12N4O3/c11-4-6-3-9(15)14(5-6)8-2-1-7(10(16)17)12-13-8/h1-2,6H,3-5,11H2,(H,16,17). The number of carboxylic acid groups (broad SMARTS) is 1. The summed E-state index contributed by atoms with van der Waals surface area (Å²) in [5.41, 5.74) is 5.36. The Bertz CT molecular complexity index is 445. The minimum atomic E-state index is -1.14. The molecule has 2 heterocycles. The van der Waals surface area contributed by atoms with E-state index in [0.29, 0.717) is 25.3 Å². The number of carbonyl (C=O) groups is 2. The molecule has 0 aliphatic carbocycles. The van der Waals surface area contributed by atoms with Crippen LogP contribution in [0.2, 0.25) is 0 Å². The van der Waals surface area contributed by atoms with Crippen molar-refractivity contribution in [3.05, 3.63) is 17.8 Å². The van der Waals surface area contributed by atoms with Gasteiger partial charge in [-0.05, 0) is 24.6 Å². The van der Waals surface area contributed by atoms with Crippen LogP contribution >= 0.6 is 0 Å². The second-order valence-corrected chi connectivity index (χ2v) is 3.89. The van der Waals surface area contributed by atoms with E-state index < -0.39 is 5.97 Å². The summed E-state index contributed by atoms with van der Waals surface area (Å²) in [6, 6.07) is 2.81. The Balaban J connectivity index is 2.18. The number of carboxylic acids is 1. The fourth-order valence-electron chi connectivity index (χ4n) is 1.74. The third kappa shape index (κ3) is 2.23. The smallest absolute Gasteiger partial charge is 0.356 e.